The first-order chi connectivity index (χ1) is 9.06. The van der Waals surface area contributed by atoms with Crippen molar-refractivity contribution in [1.82, 2.24) is 9.78 Å². The third kappa shape index (κ3) is 6.26. The Morgan fingerprint density at radius 2 is 2.42 bits per heavy atom. The van der Waals surface area contributed by atoms with Gasteiger partial charge in [0.15, 0.2) is 8.29 Å². The molecule has 0 aliphatic rings. The Bertz CT molecular complexity index is 460. The van der Waals surface area contributed by atoms with Gasteiger partial charge in [-0.25, -0.2) is 4.68 Å². The number of esters is 1. The van der Waals surface area contributed by atoms with Gasteiger partial charge in [-0.3, -0.25) is 4.79 Å². The van der Waals surface area contributed by atoms with Gasteiger partial charge in [0, 0.05) is 5.75 Å². The molecule has 0 aliphatic heterocycles. The van der Waals surface area contributed by atoms with Gasteiger partial charge in [-0.15, -0.1) is 0 Å². The minimum absolute atomic E-state index is 0.226. The van der Waals surface area contributed by atoms with E-state index in [1.54, 1.807) is 23.4 Å². The van der Waals surface area contributed by atoms with Gasteiger partial charge in [-0.05, 0) is 25.4 Å². The van der Waals surface area contributed by atoms with Gasteiger partial charge in [-0.2, -0.15) is 16.9 Å². The maximum atomic E-state index is 11.2. The quantitative estimate of drug-likeness (QED) is 0.441. The second-order valence-electron chi connectivity index (χ2n) is 3.52. The van der Waals surface area contributed by atoms with Gasteiger partial charge >= 0.3 is 5.97 Å². The van der Waals surface area contributed by atoms with E-state index < -0.39 is 6.10 Å². The first-order valence-corrected chi connectivity index (χ1v) is 9.20. The fourth-order valence-electron chi connectivity index (χ4n) is 1.23. The molecule has 0 fully saturated rings. The fourth-order valence-corrected chi connectivity index (χ4v) is 3.87. The normalized spacial score (nSPS) is 12.4. The van der Waals surface area contributed by atoms with Gasteiger partial charge in [-0.1, -0.05) is 23.1 Å². The first kappa shape index (κ1) is 17.0. The van der Waals surface area contributed by atoms with Crippen LogP contribution >= 0.6 is 47.1 Å². The summed E-state index contributed by atoms with van der Waals surface area (Å²) in [6, 6.07) is 0. The van der Waals surface area contributed by atoms with Crippen LogP contribution in [0.5, 0.6) is 0 Å². The molecule has 0 radical (unpaired) electrons. The summed E-state index contributed by atoms with van der Waals surface area (Å²) in [5.74, 6) is 0.608. The van der Waals surface area contributed by atoms with E-state index in [2.05, 4.69) is 5.10 Å². The Morgan fingerprint density at radius 1 is 1.68 bits per heavy atom. The number of rotatable bonds is 8. The molecule has 19 heavy (non-hydrogen) atoms. The van der Waals surface area contributed by atoms with Crippen LogP contribution in [0.4, 0.5) is 0 Å². The Labute approximate surface area is 129 Å². The van der Waals surface area contributed by atoms with Crippen LogP contribution in [0.15, 0.2) is 4.34 Å². The molecule has 0 saturated carbocycles. The molecule has 5 nitrogen and oxygen atoms in total. The van der Waals surface area contributed by atoms with E-state index in [-0.39, 0.29) is 11.7 Å². The third-order valence-electron chi connectivity index (χ3n) is 1.95. The van der Waals surface area contributed by atoms with Crippen molar-refractivity contribution in [1.29, 1.82) is 0 Å². The molecule has 0 amide bonds. The lowest BCUT2D eigenvalue weighted by Gasteiger charge is -2.07. The average molecular weight is 341 g/mol. The Balaban J connectivity index is 2.54. The predicted molar refractivity (Wildman–Crippen MR) is 82.7 cm³/mol. The molecule has 0 saturated heterocycles. The van der Waals surface area contributed by atoms with Crippen molar-refractivity contribution >= 4 is 53.0 Å². The van der Waals surface area contributed by atoms with Crippen molar-refractivity contribution in [3.05, 3.63) is 3.95 Å². The van der Waals surface area contributed by atoms with E-state index in [0.29, 0.717) is 22.9 Å². The Kier molecular flexibility index (Phi) is 8.00. The number of aliphatic hydroxyl groups is 1. The summed E-state index contributed by atoms with van der Waals surface area (Å²) in [6.45, 7) is 2.54. The van der Waals surface area contributed by atoms with Crippen LogP contribution in [-0.4, -0.2) is 51.3 Å². The molecule has 9 heteroatoms. The van der Waals surface area contributed by atoms with E-state index >= 15 is 0 Å². The summed E-state index contributed by atoms with van der Waals surface area (Å²) in [5.41, 5.74) is 0. The standard InChI is InChI=1S/C10H16N2O3S4/c1-3-15-8(14)6-18-9-11-12(10(16)19-9)4-7(13)5-17-2/h7,13H,3-6H2,1-2H3. The van der Waals surface area contributed by atoms with Crippen molar-refractivity contribution in [3.8, 4) is 0 Å². The minimum atomic E-state index is -0.466. The highest BCUT2D eigenvalue weighted by molar-refractivity contribution is 8.01. The van der Waals surface area contributed by atoms with Gasteiger partial charge in [0.1, 0.15) is 0 Å². The Hall–Kier alpha value is -0.0900. The largest absolute Gasteiger partial charge is 0.465 e. The number of hydrogen-bond donors (Lipinski definition) is 1. The van der Waals surface area contributed by atoms with Crippen LogP contribution in [0.1, 0.15) is 6.92 Å². The van der Waals surface area contributed by atoms with E-state index in [9.17, 15) is 9.90 Å². The zero-order chi connectivity index (χ0) is 14.3. The predicted octanol–water partition coefficient (Wildman–Crippen LogP) is 2.05. The summed E-state index contributed by atoms with van der Waals surface area (Å²) in [4.78, 5) is 11.2. The Morgan fingerprint density at radius 3 is 3.05 bits per heavy atom. The lowest BCUT2D eigenvalue weighted by Crippen LogP contribution is -2.19. The molecule has 0 aromatic carbocycles. The summed E-state index contributed by atoms with van der Waals surface area (Å²) < 4.78 is 7.76. The molecular formula is C10H16N2O3S4. The highest BCUT2D eigenvalue weighted by Crippen LogP contribution is 2.22. The smallest absolute Gasteiger partial charge is 0.316 e. The topological polar surface area (TPSA) is 64.3 Å². The molecule has 1 N–H and O–H groups in total. The summed E-state index contributed by atoms with van der Waals surface area (Å²) in [7, 11) is 0. The summed E-state index contributed by atoms with van der Waals surface area (Å²) >= 11 is 9.39. The fraction of sp³-hybridized carbons (Fsp3) is 0.700. The van der Waals surface area contributed by atoms with Crippen LogP contribution in [0.2, 0.25) is 0 Å². The van der Waals surface area contributed by atoms with E-state index in [4.69, 9.17) is 17.0 Å². The number of ether oxygens (including phenoxy) is 1. The summed E-state index contributed by atoms with van der Waals surface area (Å²) in [6.07, 6.45) is 1.47. The SMILES string of the molecule is CCOC(=O)CSc1nn(CC(O)CSC)c(=S)s1. The molecular weight excluding hydrogens is 324 g/mol. The molecule has 1 atom stereocenters. The van der Waals surface area contributed by atoms with Crippen LogP contribution in [0.25, 0.3) is 0 Å². The van der Waals surface area contributed by atoms with Crippen LogP contribution in [0, 0.1) is 3.95 Å². The molecule has 1 aromatic heterocycles. The van der Waals surface area contributed by atoms with Crippen molar-refractivity contribution in [2.75, 3.05) is 24.4 Å². The second kappa shape index (κ2) is 8.96. The highest BCUT2D eigenvalue weighted by atomic mass is 32.2. The maximum Gasteiger partial charge on any atom is 0.316 e. The first-order valence-electron chi connectivity index (χ1n) is 5.60. The molecule has 0 aliphatic carbocycles. The van der Waals surface area contributed by atoms with Crippen molar-refractivity contribution < 1.29 is 14.6 Å². The zero-order valence-electron chi connectivity index (χ0n) is 10.7. The monoisotopic (exact) mass is 340 g/mol. The lowest BCUT2D eigenvalue weighted by atomic mass is 10.4. The van der Waals surface area contributed by atoms with E-state index in [0.717, 1.165) is 4.34 Å². The molecule has 0 spiro atoms. The number of aliphatic hydroxyl groups excluding tert-OH is 1. The van der Waals surface area contributed by atoms with Crippen molar-refractivity contribution in [3.63, 3.8) is 0 Å². The van der Waals surface area contributed by atoms with Gasteiger partial charge < -0.3 is 9.84 Å². The number of thioether (sulfide) groups is 2. The molecule has 1 heterocycles. The third-order valence-corrected chi connectivity index (χ3v) is 5.08. The second-order valence-corrected chi connectivity index (χ2v) is 7.27. The number of carbonyl (C=O) groups is 1. The van der Waals surface area contributed by atoms with Crippen LogP contribution in [0.3, 0.4) is 0 Å². The van der Waals surface area contributed by atoms with Crippen LogP contribution < -0.4 is 0 Å². The lowest BCUT2D eigenvalue weighted by molar-refractivity contribution is -0.139. The van der Waals surface area contributed by atoms with Gasteiger partial charge in [0.05, 0.1) is 25.0 Å². The number of aromatic nitrogens is 2. The van der Waals surface area contributed by atoms with Gasteiger partial charge in [0.25, 0.3) is 0 Å². The van der Waals surface area contributed by atoms with E-state index in [1.165, 1.54) is 23.1 Å². The number of hydrogen-bond acceptors (Lipinski definition) is 8. The van der Waals surface area contributed by atoms with Crippen molar-refractivity contribution in [2.45, 2.75) is 23.9 Å². The highest BCUT2D eigenvalue weighted by Gasteiger charge is 2.11. The zero-order valence-corrected chi connectivity index (χ0v) is 14.0. The average Bonchev–Trinajstić information content (AvgIpc) is 2.68. The molecule has 1 aromatic rings. The maximum absolute atomic E-state index is 11.2. The summed E-state index contributed by atoms with van der Waals surface area (Å²) in [5, 5.41) is 14.0. The molecule has 0 bridgehead atoms. The number of carbonyl (C=O) groups excluding carboxylic acids is 1. The van der Waals surface area contributed by atoms with Crippen molar-refractivity contribution in [2.24, 2.45) is 0 Å². The number of nitrogens with zero attached hydrogens (tertiary/aromatic N) is 2. The van der Waals surface area contributed by atoms with Gasteiger partial charge in [0.2, 0.25) is 0 Å². The molecule has 1 unspecified atom stereocenters. The van der Waals surface area contributed by atoms with Crippen LogP contribution in [-0.2, 0) is 16.1 Å². The molecule has 1 rings (SSSR count). The minimum Gasteiger partial charge on any atom is -0.465 e. The molecule has 108 valence electrons. The van der Waals surface area contributed by atoms with E-state index in [1.807, 2.05) is 6.26 Å².